The second-order valence-electron chi connectivity index (χ2n) is 3.24. The van der Waals surface area contributed by atoms with Crippen molar-refractivity contribution < 1.29 is 22.6 Å². The van der Waals surface area contributed by atoms with Gasteiger partial charge in [0.25, 0.3) is 0 Å². The molecule has 17 heavy (non-hydrogen) atoms. The summed E-state index contributed by atoms with van der Waals surface area (Å²) in [7, 11) is 1.35. The molecule has 6 heteroatoms. The quantitative estimate of drug-likeness (QED) is 0.758. The van der Waals surface area contributed by atoms with Crippen molar-refractivity contribution in [2.75, 3.05) is 7.11 Å². The molecule has 0 saturated carbocycles. The van der Waals surface area contributed by atoms with Crippen LogP contribution in [0.25, 0.3) is 5.76 Å². The van der Waals surface area contributed by atoms with E-state index in [1.165, 1.54) is 13.2 Å². The van der Waals surface area contributed by atoms with Crippen LogP contribution in [0, 0.1) is 0 Å². The summed E-state index contributed by atoms with van der Waals surface area (Å²) in [6.07, 6.45) is -3.73. The third-order valence-corrected chi connectivity index (χ3v) is 2.13. The molecular formula is C11H8F3NO2. The minimum absolute atomic E-state index is 0.158. The number of hydrogen-bond donors (Lipinski definition) is 0. The fraction of sp³-hybridized carbons (Fsp3) is 0.182. The monoisotopic (exact) mass is 243 g/mol. The molecule has 0 fully saturated rings. The van der Waals surface area contributed by atoms with Crippen molar-refractivity contribution in [3.63, 3.8) is 0 Å². The molecule has 0 N–H and O–H groups in total. The maximum Gasteiger partial charge on any atom is 0.468 e. The number of aliphatic imine (C=N–C) groups is 1. The van der Waals surface area contributed by atoms with Gasteiger partial charge in [0.05, 0.1) is 12.8 Å². The Morgan fingerprint density at radius 3 is 2.59 bits per heavy atom. The Labute approximate surface area is 95.2 Å². The highest BCUT2D eigenvalue weighted by molar-refractivity contribution is 5.89. The molecular weight excluding hydrogens is 235 g/mol. The van der Waals surface area contributed by atoms with Crippen LogP contribution in [0.1, 0.15) is 5.56 Å². The van der Waals surface area contributed by atoms with Gasteiger partial charge in [0.1, 0.15) is 6.26 Å². The Hall–Kier alpha value is -1.98. The van der Waals surface area contributed by atoms with E-state index in [4.69, 9.17) is 4.74 Å². The predicted molar refractivity (Wildman–Crippen MR) is 55.7 cm³/mol. The fourth-order valence-corrected chi connectivity index (χ4v) is 1.38. The molecule has 0 unspecified atom stereocenters. The molecule has 1 heterocycles. The molecule has 2 rings (SSSR count). The second-order valence-corrected chi connectivity index (χ2v) is 3.24. The van der Waals surface area contributed by atoms with Crippen molar-refractivity contribution in [3.05, 3.63) is 36.1 Å². The van der Waals surface area contributed by atoms with Crippen LogP contribution < -0.4 is 0 Å². The van der Waals surface area contributed by atoms with Crippen LogP contribution in [0.15, 0.2) is 35.5 Å². The molecule has 0 radical (unpaired) electrons. The third-order valence-electron chi connectivity index (χ3n) is 2.13. The van der Waals surface area contributed by atoms with E-state index < -0.39 is 12.1 Å². The molecule has 1 aromatic rings. The van der Waals surface area contributed by atoms with Crippen LogP contribution in [0.3, 0.4) is 0 Å². The van der Waals surface area contributed by atoms with Crippen molar-refractivity contribution in [3.8, 4) is 0 Å². The number of methoxy groups -OCH3 is 1. The summed E-state index contributed by atoms with van der Waals surface area (Å²) >= 11 is 0. The lowest BCUT2D eigenvalue weighted by molar-refractivity contribution is -0.0734. The first-order chi connectivity index (χ1) is 8.02. The number of benzene rings is 1. The summed E-state index contributed by atoms with van der Waals surface area (Å²) in [6, 6.07) is 6.34. The van der Waals surface area contributed by atoms with E-state index in [1.807, 2.05) is 0 Å². The Kier molecular flexibility index (Phi) is 2.79. The number of para-hydroxylation sites is 1. The van der Waals surface area contributed by atoms with Crippen molar-refractivity contribution in [1.82, 2.24) is 0 Å². The van der Waals surface area contributed by atoms with Gasteiger partial charge in [0.15, 0.2) is 5.76 Å². The topological polar surface area (TPSA) is 30.8 Å². The van der Waals surface area contributed by atoms with Crippen LogP contribution in [-0.2, 0) is 9.47 Å². The molecule has 0 spiro atoms. The lowest BCUT2D eigenvalue weighted by atomic mass is 10.1. The van der Waals surface area contributed by atoms with Crippen LogP contribution >= 0.6 is 0 Å². The van der Waals surface area contributed by atoms with E-state index in [9.17, 15) is 13.2 Å². The highest BCUT2D eigenvalue weighted by Gasteiger charge is 2.39. The van der Waals surface area contributed by atoms with Gasteiger partial charge in [-0.05, 0) is 12.1 Å². The standard InChI is InChI=1S/C11H8F3NO2/c1-16-9-6-17-10(11(12,13)14)15-8-5-3-2-4-7(8)9/h2-6H,1H3. The van der Waals surface area contributed by atoms with Gasteiger partial charge in [0.2, 0.25) is 0 Å². The first-order valence-corrected chi connectivity index (χ1v) is 4.68. The largest absolute Gasteiger partial charge is 0.493 e. The van der Waals surface area contributed by atoms with Gasteiger partial charge in [-0.15, -0.1) is 0 Å². The molecule has 1 aliphatic heterocycles. The number of alkyl halides is 3. The lowest BCUT2D eigenvalue weighted by Crippen LogP contribution is -2.23. The molecule has 1 aromatic carbocycles. The molecule has 0 saturated heterocycles. The van der Waals surface area contributed by atoms with E-state index in [0.29, 0.717) is 5.56 Å². The van der Waals surface area contributed by atoms with Crippen LogP contribution in [0.2, 0.25) is 0 Å². The maximum atomic E-state index is 12.5. The molecule has 0 bridgehead atoms. The average molecular weight is 243 g/mol. The van der Waals surface area contributed by atoms with Crippen LogP contribution in [0.4, 0.5) is 18.9 Å². The SMILES string of the molecule is COC1=COC(C(F)(F)F)=Nc2ccccc21. The first-order valence-electron chi connectivity index (χ1n) is 4.68. The van der Waals surface area contributed by atoms with Gasteiger partial charge < -0.3 is 9.47 Å². The summed E-state index contributed by atoms with van der Waals surface area (Å²) in [5, 5.41) is 0. The number of ether oxygens (including phenoxy) is 2. The lowest BCUT2D eigenvalue weighted by Gasteiger charge is -2.06. The zero-order valence-electron chi connectivity index (χ0n) is 8.78. The smallest absolute Gasteiger partial charge is 0.468 e. The van der Waals surface area contributed by atoms with E-state index in [-0.39, 0.29) is 11.4 Å². The van der Waals surface area contributed by atoms with Gasteiger partial charge in [-0.25, -0.2) is 4.99 Å². The molecule has 0 aromatic heterocycles. The van der Waals surface area contributed by atoms with Crippen molar-refractivity contribution in [2.45, 2.75) is 6.18 Å². The van der Waals surface area contributed by atoms with E-state index in [2.05, 4.69) is 9.73 Å². The number of nitrogens with zero attached hydrogens (tertiary/aromatic N) is 1. The van der Waals surface area contributed by atoms with Gasteiger partial charge in [0, 0.05) is 5.56 Å². The number of halogens is 3. The molecule has 0 aliphatic carbocycles. The van der Waals surface area contributed by atoms with Gasteiger partial charge in [-0.2, -0.15) is 13.2 Å². The molecule has 90 valence electrons. The predicted octanol–water partition coefficient (Wildman–Crippen LogP) is 3.25. The summed E-state index contributed by atoms with van der Waals surface area (Å²) in [4.78, 5) is 3.45. The maximum absolute atomic E-state index is 12.5. The summed E-state index contributed by atoms with van der Waals surface area (Å²) in [5.41, 5.74) is 0.611. The molecule has 1 aliphatic rings. The second kappa shape index (κ2) is 4.12. The number of hydrogen-bond acceptors (Lipinski definition) is 3. The fourth-order valence-electron chi connectivity index (χ4n) is 1.38. The Bertz CT molecular complexity index is 492. The number of fused-ring (bicyclic) bond motifs is 1. The normalized spacial score (nSPS) is 15.1. The zero-order valence-corrected chi connectivity index (χ0v) is 8.78. The van der Waals surface area contributed by atoms with Crippen LogP contribution in [0.5, 0.6) is 0 Å². The van der Waals surface area contributed by atoms with E-state index in [0.717, 1.165) is 6.26 Å². The van der Waals surface area contributed by atoms with E-state index in [1.54, 1.807) is 18.2 Å². The minimum atomic E-state index is -4.63. The van der Waals surface area contributed by atoms with Crippen LogP contribution in [-0.4, -0.2) is 19.2 Å². The van der Waals surface area contributed by atoms with Gasteiger partial charge >= 0.3 is 12.1 Å². The zero-order chi connectivity index (χ0) is 12.5. The van der Waals surface area contributed by atoms with E-state index >= 15 is 0 Å². The van der Waals surface area contributed by atoms with Gasteiger partial charge in [-0.1, -0.05) is 12.1 Å². The minimum Gasteiger partial charge on any atom is -0.493 e. The summed E-state index contributed by atoms with van der Waals surface area (Å²) in [5.74, 6) is -1.11. The number of rotatable bonds is 1. The van der Waals surface area contributed by atoms with Crippen molar-refractivity contribution in [2.24, 2.45) is 4.99 Å². The summed E-state index contributed by atoms with van der Waals surface area (Å²) in [6.45, 7) is 0. The first kappa shape index (κ1) is 11.5. The summed E-state index contributed by atoms with van der Waals surface area (Å²) < 4.78 is 47.0. The Balaban J connectivity index is 2.55. The van der Waals surface area contributed by atoms with Gasteiger partial charge in [-0.3, -0.25) is 0 Å². The Morgan fingerprint density at radius 2 is 1.94 bits per heavy atom. The average Bonchev–Trinajstić information content (AvgIpc) is 2.47. The highest BCUT2D eigenvalue weighted by atomic mass is 19.4. The third kappa shape index (κ3) is 2.25. The van der Waals surface area contributed by atoms with Crippen molar-refractivity contribution >= 4 is 17.3 Å². The molecule has 0 atom stereocenters. The van der Waals surface area contributed by atoms with Crippen molar-refractivity contribution in [1.29, 1.82) is 0 Å². The Morgan fingerprint density at radius 1 is 1.24 bits per heavy atom. The molecule has 0 amide bonds. The highest BCUT2D eigenvalue weighted by Crippen LogP contribution is 2.32. The molecule has 3 nitrogen and oxygen atoms in total.